The Bertz CT molecular complexity index is 795. The fraction of sp³-hybridized carbons (Fsp3) is 0.167. The molecule has 25 heavy (non-hydrogen) atoms. The fourth-order valence-electron chi connectivity index (χ4n) is 2.03. The van der Waals surface area contributed by atoms with Crippen LogP contribution in [0.4, 0.5) is 5.69 Å². The van der Waals surface area contributed by atoms with Gasteiger partial charge in [-0.15, -0.1) is 0 Å². The van der Waals surface area contributed by atoms with E-state index in [1.807, 2.05) is 6.07 Å². The van der Waals surface area contributed by atoms with Crippen LogP contribution in [0.25, 0.3) is 0 Å². The Morgan fingerprint density at radius 3 is 2.60 bits per heavy atom. The van der Waals surface area contributed by atoms with Crippen LogP contribution in [0.1, 0.15) is 11.1 Å². The van der Waals surface area contributed by atoms with Crippen molar-refractivity contribution >= 4 is 17.8 Å². The Balaban J connectivity index is 1.88. The molecule has 0 aromatic heterocycles. The molecule has 0 aliphatic carbocycles. The standard InChI is InChI=1S/C18H17N3O4/c1-23-16-5-3-4-14(18(16)24-2)11-20-25-12-17(22)21-15-8-6-13(10-19)7-9-15/h3-9,11H,12H2,1-2H3,(H,21,22)/b20-11-. The average Bonchev–Trinajstić information content (AvgIpc) is 2.65. The maximum atomic E-state index is 11.8. The van der Waals surface area contributed by atoms with E-state index in [1.54, 1.807) is 49.6 Å². The number of ether oxygens (including phenoxy) is 2. The van der Waals surface area contributed by atoms with Gasteiger partial charge in [0.25, 0.3) is 5.91 Å². The number of rotatable bonds is 7. The number of benzene rings is 2. The van der Waals surface area contributed by atoms with Crippen LogP contribution in [-0.4, -0.2) is 32.9 Å². The van der Waals surface area contributed by atoms with Gasteiger partial charge in [0.15, 0.2) is 18.1 Å². The van der Waals surface area contributed by atoms with E-state index < -0.39 is 0 Å². The Hall–Kier alpha value is -3.53. The van der Waals surface area contributed by atoms with Crippen molar-refractivity contribution in [1.82, 2.24) is 0 Å². The van der Waals surface area contributed by atoms with E-state index in [9.17, 15) is 4.79 Å². The fourth-order valence-corrected chi connectivity index (χ4v) is 2.03. The second kappa shape index (κ2) is 8.93. The number of carbonyl (C=O) groups is 1. The van der Waals surface area contributed by atoms with E-state index in [4.69, 9.17) is 19.6 Å². The van der Waals surface area contributed by atoms with Gasteiger partial charge in [-0.05, 0) is 36.4 Å². The molecule has 0 bridgehead atoms. The van der Waals surface area contributed by atoms with E-state index in [2.05, 4.69) is 10.5 Å². The van der Waals surface area contributed by atoms with E-state index in [1.165, 1.54) is 13.3 Å². The third kappa shape index (κ3) is 4.97. The van der Waals surface area contributed by atoms with E-state index >= 15 is 0 Å². The van der Waals surface area contributed by atoms with Gasteiger partial charge in [0.1, 0.15) is 0 Å². The molecule has 0 atom stereocenters. The number of amides is 1. The van der Waals surface area contributed by atoms with Crippen LogP contribution >= 0.6 is 0 Å². The number of para-hydroxylation sites is 1. The lowest BCUT2D eigenvalue weighted by atomic mass is 10.2. The summed E-state index contributed by atoms with van der Waals surface area (Å²) in [5.41, 5.74) is 1.76. The summed E-state index contributed by atoms with van der Waals surface area (Å²) in [5, 5.41) is 15.1. The highest BCUT2D eigenvalue weighted by Gasteiger charge is 2.07. The Kier molecular flexibility index (Phi) is 6.37. The Morgan fingerprint density at radius 2 is 1.96 bits per heavy atom. The molecule has 0 spiro atoms. The molecule has 0 unspecified atom stereocenters. The first-order valence-electron chi connectivity index (χ1n) is 7.34. The number of hydrogen-bond acceptors (Lipinski definition) is 6. The highest BCUT2D eigenvalue weighted by molar-refractivity contribution is 5.91. The van der Waals surface area contributed by atoms with Gasteiger partial charge in [0, 0.05) is 11.3 Å². The molecule has 0 saturated carbocycles. The molecule has 7 nitrogen and oxygen atoms in total. The first-order valence-corrected chi connectivity index (χ1v) is 7.34. The number of hydrogen-bond donors (Lipinski definition) is 1. The molecular weight excluding hydrogens is 322 g/mol. The number of carbonyl (C=O) groups excluding carboxylic acids is 1. The molecule has 2 rings (SSSR count). The quantitative estimate of drug-likeness (QED) is 0.618. The van der Waals surface area contributed by atoms with Crippen LogP contribution < -0.4 is 14.8 Å². The van der Waals surface area contributed by atoms with Gasteiger partial charge in [-0.25, -0.2) is 0 Å². The van der Waals surface area contributed by atoms with E-state index in [0.29, 0.717) is 28.3 Å². The molecule has 0 fully saturated rings. The highest BCUT2D eigenvalue weighted by atomic mass is 16.6. The van der Waals surface area contributed by atoms with Crippen molar-refractivity contribution in [2.45, 2.75) is 0 Å². The molecule has 1 N–H and O–H groups in total. The monoisotopic (exact) mass is 339 g/mol. The van der Waals surface area contributed by atoms with Gasteiger partial charge < -0.3 is 19.6 Å². The first kappa shape index (κ1) is 17.8. The van der Waals surface area contributed by atoms with Crippen LogP contribution in [0.3, 0.4) is 0 Å². The summed E-state index contributed by atoms with van der Waals surface area (Å²) in [6.07, 6.45) is 1.44. The maximum Gasteiger partial charge on any atom is 0.265 e. The predicted octanol–water partition coefficient (Wildman–Crippen LogP) is 2.56. The van der Waals surface area contributed by atoms with Crippen molar-refractivity contribution in [3.63, 3.8) is 0 Å². The largest absolute Gasteiger partial charge is 0.493 e. The Morgan fingerprint density at radius 1 is 1.20 bits per heavy atom. The van der Waals surface area contributed by atoms with Crippen LogP contribution in [-0.2, 0) is 9.63 Å². The summed E-state index contributed by atoms with van der Waals surface area (Å²) in [6, 6.07) is 13.9. The van der Waals surface area contributed by atoms with Crippen molar-refractivity contribution in [1.29, 1.82) is 5.26 Å². The molecule has 0 aliphatic heterocycles. The molecule has 2 aromatic carbocycles. The van der Waals surface area contributed by atoms with Crippen molar-refractivity contribution in [2.75, 3.05) is 26.1 Å². The molecule has 0 aliphatic rings. The van der Waals surface area contributed by atoms with Gasteiger partial charge in [0.05, 0.1) is 32.1 Å². The van der Waals surface area contributed by atoms with Crippen LogP contribution in [0.5, 0.6) is 11.5 Å². The van der Waals surface area contributed by atoms with Crippen molar-refractivity contribution in [3.8, 4) is 17.6 Å². The summed E-state index contributed by atoms with van der Waals surface area (Å²) in [4.78, 5) is 16.8. The van der Waals surface area contributed by atoms with Gasteiger partial charge in [-0.2, -0.15) is 5.26 Å². The van der Waals surface area contributed by atoms with E-state index in [0.717, 1.165) is 0 Å². The third-order valence-electron chi connectivity index (χ3n) is 3.19. The normalized spacial score (nSPS) is 10.1. The van der Waals surface area contributed by atoms with Crippen molar-refractivity contribution in [2.24, 2.45) is 5.16 Å². The molecule has 2 aromatic rings. The zero-order chi connectivity index (χ0) is 18.1. The second-order valence-electron chi connectivity index (χ2n) is 4.83. The van der Waals surface area contributed by atoms with Gasteiger partial charge in [0.2, 0.25) is 0 Å². The molecule has 128 valence electrons. The summed E-state index contributed by atoms with van der Waals surface area (Å²) in [5.74, 6) is 0.740. The minimum atomic E-state index is -0.362. The van der Waals surface area contributed by atoms with E-state index in [-0.39, 0.29) is 12.5 Å². The summed E-state index contributed by atoms with van der Waals surface area (Å²) < 4.78 is 10.5. The predicted molar refractivity (Wildman–Crippen MR) is 92.9 cm³/mol. The number of nitrogens with one attached hydrogen (secondary N) is 1. The molecule has 0 radical (unpaired) electrons. The maximum absolute atomic E-state index is 11.8. The smallest absolute Gasteiger partial charge is 0.265 e. The molecule has 0 saturated heterocycles. The summed E-state index contributed by atoms with van der Waals surface area (Å²) >= 11 is 0. The summed E-state index contributed by atoms with van der Waals surface area (Å²) in [7, 11) is 3.07. The lowest BCUT2D eigenvalue weighted by Gasteiger charge is -2.09. The number of oxime groups is 1. The van der Waals surface area contributed by atoms with Crippen molar-refractivity contribution in [3.05, 3.63) is 53.6 Å². The van der Waals surface area contributed by atoms with Crippen LogP contribution in [0.15, 0.2) is 47.6 Å². The third-order valence-corrected chi connectivity index (χ3v) is 3.19. The zero-order valence-electron chi connectivity index (χ0n) is 13.9. The minimum absolute atomic E-state index is 0.247. The first-order chi connectivity index (χ1) is 12.2. The lowest BCUT2D eigenvalue weighted by molar-refractivity contribution is -0.120. The number of anilines is 1. The molecule has 0 heterocycles. The highest BCUT2D eigenvalue weighted by Crippen LogP contribution is 2.29. The number of nitriles is 1. The number of methoxy groups -OCH3 is 2. The SMILES string of the molecule is COc1cccc(/C=N\OCC(=O)Nc2ccc(C#N)cc2)c1OC. The van der Waals surface area contributed by atoms with Crippen LogP contribution in [0.2, 0.25) is 0 Å². The minimum Gasteiger partial charge on any atom is -0.493 e. The van der Waals surface area contributed by atoms with Gasteiger partial charge >= 0.3 is 0 Å². The summed E-state index contributed by atoms with van der Waals surface area (Å²) in [6.45, 7) is -0.247. The Labute approximate surface area is 145 Å². The average molecular weight is 339 g/mol. The number of nitrogens with zero attached hydrogens (tertiary/aromatic N) is 2. The van der Waals surface area contributed by atoms with Crippen molar-refractivity contribution < 1.29 is 19.1 Å². The molecule has 1 amide bonds. The van der Waals surface area contributed by atoms with Gasteiger partial charge in [-0.3, -0.25) is 4.79 Å². The lowest BCUT2D eigenvalue weighted by Crippen LogP contribution is -2.16. The van der Waals surface area contributed by atoms with Gasteiger partial charge in [-0.1, -0.05) is 11.2 Å². The zero-order valence-corrected chi connectivity index (χ0v) is 13.9. The van der Waals surface area contributed by atoms with Crippen LogP contribution in [0, 0.1) is 11.3 Å². The second-order valence-corrected chi connectivity index (χ2v) is 4.83. The molecule has 7 heteroatoms. The topological polar surface area (TPSA) is 92.9 Å². The molecular formula is C18H17N3O4.